The van der Waals surface area contributed by atoms with Gasteiger partial charge in [-0.3, -0.25) is 0 Å². The third-order valence-corrected chi connectivity index (χ3v) is 2.37. The summed E-state index contributed by atoms with van der Waals surface area (Å²) >= 11 is 0. The zero-order valence-corrected chi connectivity index (χ0v) is 12.0. The van der Waals surface area contributed by atoms with Gasteiger partial charge in [-0.1, -0.05) is 0 Å². The maximum Gasteiger partial charge on any atom is 0.407 e. The minimum Gasteiger partial charge on any atom is -0.444 e. The molecule has 0 aliphatic heterocycles. The van der Waals surface area contributed by atoms with E-state index < -0.39 is 17.8 Å². The van der Waals surface area contributed by atoms with Crippen LogP contribution in [0, 0.1) is 0 Å². The number of aliphatic hydroxyl groups is 1. The molecule has 0 aliphatic carbocycles. The quantitative estimate of drug-likeness (QED) is 0.800. The van der Waals surface area contributed by atoms with Crippen molar-refractivity contribution in [3.05, 3.63) is 18.2 Å². The topological polar surface area (TPSA) is 76.4 Å². The summed E-state index contributed by atoms with van der Waals surface area (Å²) in [6, 6.07) is 0. The smallest absolute Gasteiger partial charge is 0.407 e. The molecule has 6 nitrogen and oxygen atoms in total. The van der Waals surface area contributed by atoms with Crippen LogP contribution >= 0.6 is 0 Å². The zero-order chi connectivity index (χ0) is 14.5. The first-order chi connectivity index (χ1) is 8.79. The number of carbonyl (C=O) groups is 1. The van der Waals surface area contributed by atoms with E-state index in [4.69, 9.17) is 4.74 Å². The minimum atomic E-state index is -0.589. The zero-order valence-electron chi connectivity index (χ0n) is 12.0. The summed E-state index contributed by atoms with van der Waals surface area (Å²) in [5.74, 6) is 0.636. The summed E-state index contributed by atoms with van der Waals surface area (Å²) in [4.78, 5) is 15.5. The number of nitrogens with one attached hydrogen (secondary N) is 1. The van der Waals surface area contributed by atoms with Crippen LogP contribution in [0.2, 0.25) is 0 Å². The normalized spacial score (nSPS) is 13.1. The van der Waals surface area contributed by atoms with E-state index in [9.17, 15) is 9.90 Å². The van der Waals surface area contributed by atoms with Gasteiger partial charge in [0.25, 0.3) is 0 Å². The van der Waals surface area contributed by atoms with Gasteiger partial charge < -0.3 is 19.7 Å². The Bertz CT molecular complexity index is 408. The number of carbonyl (C=O) groups excluding carboxylic acids is 1. The van der Waals surface area contributed by atoms with Gasteiger partial charge >= 0.3 is 6.09 Å². The number of hydrogen-bond donors (Lipinski definition) is 2. The third kappa shape index (κ3) is 5.74. The van der Waals surface area contributed by atoms with Crippen molar-refractivity contribution in [2.45, 2.75) is 52.4 Å². The second kappa shape index (κ2) is 6.56. The van der Waals surface area contributed by atoms with E-state index in [1.165, 1.54) is 0 Å². The number of hydrogen-bond acceptors (Lipinski definition) is 4. The molecule has 0 radical (unpaired) electrons. The SMILES string of the molecule is CC(O)c1nccn1CCCNC(=O)OC(C)(C)C. The van der Waals surface area contributed by atoms with E-state index in [0.717, 1.165) is 6.42 Å². The van der Waals surface area contributed by atoms with Gasteiger partial charge in [-0.15, -0.1) is 0 Å². The molecule has 0 aromatic carbocycles. The van der Waals surface area contributed by atoms with Crippen LogP contribution in [0.3, 0.4) is 0 Å². The van der Waals surface area contributed by atoms with Crippen molar-refractivity contribution in [1.82, 2.24) is 14.9 Å². The van der Waals surface area contributed by atoms with E-state index in [-0.39, 0.29) is 0 Å². The highest BCUT2D eigenvalue weighted by molar-refractivity contribution is 5.67. The van der Waals surface area contributed by atoms with Crippen molar-refractivity contribution in [3.63, 3.8) is 0 Å². The minimum absolute atomic E-state index is 0.408. The fourth-order valence-corrected chi connectivity index (χ4v) is 1.63. The number of aromatic nitrogens is 2. The van der Waals surface area contributed by atoms with Crippen LogP contribution in [0.25, 0.3) is 0 Å². The van der Waals surface area contributed by atoms with Gasteiger partial charge in [0.05, 0.1) is 0 Å². The van der Waals surface area contributed by atoms with Gasteiger partial charge in [-0.25, -0.2) is 9.78 Å². The largest absolute Gasteiger partial charge is 0.444 e. The van der Waals surface area contributed by atoms with Crippen LogP contribution in [0.15, 0.2) is 12.4 Å². The monoisotopic (exact) mass is 269 g/mol. The van der Waals surface area contributed by atoms with Crippen molar-refractivity contribution in [3.8, 4) is 0 Å². The lowest BCUT2D eigenvalue weighted by Crippen LogP contribution is -2.33. The molecule has 0 spiro atoms. The number of imidazole rings is 1. The van der Waals surface area contributed by atoms with Gasteiger partial charge in [0.2, 0.25) is 0 Å². The summed E-state index contributed by atoms with van der Waals surface area (Å²) in [5.41, 5.74) is -0.478. The Morgan fingerprint density at radius 3 is 2.84 bits per heavy atom. The molecule has 19 heavy (non-hydrogen) atoms. The highest BCUT2D eigenvalue weighted by atomic mass is 16.6. The Hall–Kier alpha value is -1.56. The molecule has 0 saturated carbocycles. The standard InChI is InChI=1S/C13H23N3O3/c1-10(17)11-14-7-9-16(11)8-5-6-15-12(18)19-13(2,3)4/h7,9-10,17H,5-6,8H2,1-4H3,(H,15,18). The van der Waals surface area contributed by atoms with Gasteiger partial charge in [0.1, 0.15) is 17.5 Å². The van der Waals surface area contributed by atoms with Crippen molar-refractivity contribution >= 4 is 6.09 Å². The Kier molecular flexibility index (Phi) is 5.35. The highest BCUT2D eigenvalue weighted by Gasteiger charge is 2.15. The molecule has 0 saturated heterocycles. The van der Waals surface area contributed by atoms with Crippen LogP contribution in [-0.4, -0.2) is 32.9 Å². The molecule has 108 valence electrons. The van der Waals surface area contributed by atoms with Gasteiger partial charge in [0, 0.05) is 25.5 Å². The molecule has 1 atom stereocenters. The van der Waals surface area contributed by atoms with Gasteiger partial charge in [-0.05, 0) is 34.1 Å². The summed E-state index contributed by atoms with van der Waals surface area (Å²) in [5, 5.41) is 12.2. The number of alkyl carbamates (subject to hydrolysis) is 1. The van der Waals surface area contributed by atoms with E-state index >= 15 is 0 Å². The maximum atomic E-state index is 11.4. The van der Waals surface area contributed by atoms with Crippen LogP contribution in [0.1, 0.15) is 46.0 Å². The van der Waals surface area contributed by atoms with Crippen molar-refractivity contribution < 1.29 is 14.6 Å². The summed E-state index contributed by atoms with van der Waals surface area (Å²) in [7, 11) is 0. The number of aryl methyl sites for hydroxylation is 1. The lowest BCUT2D eigenvalue weighted by Gasteiger charge is -2.19. The molecule has 1 heterocycles. The summed E-state index contributed by atoms with van der Waals surface area (Å²) < 4.78 is 7.00. The second-order valence-corrected chi connectivity index (χ2v) is 5.44. The Balaban J connectivity index is 2.28. The van der Waals surface area contributed by atoms with E-state index in [2.05, 4.69) is 10.3 Å². The van der Waals surface area contributed by atoms with Gasteiger partial charge in [-0.2, -0.15) is 0 Å². The molecule has 6 heteroatoms. The molecule has 1 amide bonds. The fraction of sp³-hybridized carbons (Fsp3) is 0.692. The Morgan fingerprint density at radius 1 is 1.58 bits per heavy atom. The van der Waals surface area contributed by atoms with E-state index in [1.807, 2.05) is 31.5 Å². The number of aliphatic hydroxyl groups excluding tert-OH is 1. The summed E-state index contributed by atoms with van der Waals surface area (Å²) in [6.45, 7) is 8.37. The van der Waals surface area contributed by atoms with Crippen LogP contribution in [-0.2, 0) is 11.3 Å². The molecule has 0 bridgehead atoms. The predicted octanol–water partition coefficient (Wildman–Crippen LogP) is 1.85. The van der Waals surface area contributed by atoms with Crippen LogP contribution < -0.4 is 5.32 Å². The average molecular weight is 269 g/mol. The number of nitrogens with zero attached hydrogens (tertiary/aromatic N) is 2. The first kappa shape index (κ1) is 15.5. The van der Waals surface area contributed by atoms with E-state index in [0.29, 0.717) is 18.9 Å². The number of ether oxygens (including phenoxy) is 1. The molecule has 1 aromatic rings. The van der Waals surface area contributed by atoms with E-state index in [1.54, 1.807) is 13.1 Å². The molecule has 0 fully saturated rings. The molecule has 1 aromatic heterocycles. The number of rotatable bonds is 5. The molecular weight excluding hydrogens is 246 g/mol. The van der Waals surface area contributed by atoms with Gasteiger partial charge in [0.15, 0.2) is 0 Å². The molecular formula is C13H23N3O3. The summed E-state index contributed by atoms with van der Waals surface area (Å²) in [6.07, 6.45) is 3.22. The maximum absolute atomic E-state index is 11.4. The molecule has 0 aliphatic rings. The molecule has 2 N–H and O–H groups in total. The third-order valence-electron chi connectivity index (χ3n) is 2.37. The molecule has 1 rings (SSSR count). The first-order valence-electron chi connectivity index (χ1n) is 6.45. The average Bonchev–Trinajstić information content (AvgIpc) is 2.70. The van der Waals surface area contributed by atoms with Crippen molar-refractivity contribution in [2.24, 2.45) is 0 Å². The predicted molar refractivity (Wildman–Crippen MR) is 71.7 cm³/mol. The first-order valence-corrected chi connectivity index (χ1v) is 6.45. The Labute approximate surface area is 113 Å². The Morgan fingerprint density at radius 2 is 2.26 bits per heavy atom. The van der Waals surface area contributed by atoms with Crippen molar-refractivity contribution in [2.75, 3.05) is 6.54 Å². The van der Waals surface area contributed by atoms with Crippen LogP contribution in [0.4, 0.5) is 4.79 Å². The lowest BCUT2D eigenvalue weighted by molar-refractivity contribution is 0.0526. The number of amides is 1. The van der Waals surface area contributed by atoms with Crippen molar-refractivity contribution in [1.29, 1.82) is 0 Å². The lowest BCUT2D eigenvalue weighted by atomic mass is 10.2. The molecule has 1 unspecified atom stereocenters. The second-order valence-electron chi connectivity index (χ2n) is 5.44. The highest BCUT2D eigenvalue weighted by Crippen LogP contribution is 2.09. The van der Waals surface area contributed by atoms with Crippen LogP contribution in [0.5, 0.6) is 0 Å². The fourth-order valence-electron chi connectivity index (χ4n) is 1.63.